The van der Waals surface area contributed by atoms with E-state index in [0.717, 1.165) is 28.0 Å². The quantitative estimate of drug-likeness (QED) is 0.213. The Bertz CT molecular complexity index is 641. The van der Waals surface area contributed by atoms with Crippen LogP contribution < -0.4 is 10.1 Å². The molecule has 0 aliphatic rings. The first-order chi connectivity index (χ1) is 12.8. The summed E-state index contributed by atoms with van der Waals surface area (Å²) in [7, 11) is 1.92. The molecule has 0 aromatic heterocycles. The molecule has 5 heteroatoms. The average Bonchev–Trinajstić information content (AvgIpc) is 2.69. The summed E-state index contributed by atoms with van der Waals surface area (Å²) in [5.41, 5.74) is 3.42. The second-order valence-corrected chi connectivity index (χ2v) is 6.62. The third-order valence-corrected chi connectivity index (χ3v) is 4.08. The Kier molecular flexibility index (Phi) is 10.2. The number of benzene rings is 2. The number of rotatable bonds is 12. The van der Waals surface area contributed by atoms with Gasteiger partial charge in [-0.25, -0.2) is 0 Å². The fraction of sp³-hybridized carbons (Fsp3) is 0.333. The van der Waals surface area contributed by atoms with Crippen LogP contribution in [0, 0.1) is 0 Å². The number of hydrogen-bond donors (Lipinski definition) is 1. The van der Waals surface area contributed by atoms with E-state index in [0.29, 0.717) is 26.4 Å². The van der Waals surface area contributed by atoms with Crippen molar-refractivity contribution >= 4 is 40.4 Å². The zero-order valence-electron chi connectivity index (χ0n) is 15.1. The molecular weight excluding hydrogens is 439 g/mol. The van der Waals surface area contributed by atoms with E-state index >= 15 is 0 Å². The molecule has 0 saturated heterocycles. The number of ether oxygens (including phenoxy) is 3. The van der Waals surface area contributed by atoms with Crippen molar-refractivity contribution in [1.82, 2.24) is 0 Å². The van der Waals surface area contributed by atoms with Gasteiger partial charge in [-0.3, -0.25) is 0 Å². The number of anilines is 1. The lowest BCUT2D eigenvalue weighted by atomic mass is 10.1. The van der Waals surface area contributed by atoms with Gasteiger partial charge in [0.2, 0.25) is 0 Å². The molecule has 140 valence electrons. The lowest BCUT2D eigenvalue weighted by Gasteiger charge is -2.07. The summed E-state index contributed by atoms with van der Waals surface area (Å²) in [6.45, 7) is 3.14. The molecule has 0 spiro atoms. The molecule has 2 rings (SSSR count). The third kappa shape index (κ3) is 8.21. The molecule has 0 aliphatic carbocycles. The molecule has 0 bridgehead atoms. The van der Waals surface area contributed by atoms with E-state index in [1.165, 1.54) is 5.56 Å². The van der Waals surface area contributed by atoms with Gasteiger partial charge in [0.05, 0.1) is 26.4 Å². The highest BCUT2D eigenvalue weighted by molar-refractivity contribution is 14.1. The fourth-order valence-corrected chi connectivity index (χ4v) is 2.53. The van der Waals surface area contributed by atoms with Crippen LogP contribution in [0.25, 0.3) is 12.2 Å². The smallest absolute Gasteiger partial charge is 0.119 e. The second-order valence-electron chi connectivity index (χ2n) is 5.54. The third-order valence-electron chi connectivity index (χ3n) is 3.64. The standard InChI is InChI=1S/C21H26INO3/c1-23-20-8-4-18(5-9-20)2-3-19-6-10-21(11-7-19)26-17-16-25-15-14-24-13-12-22/h2-11,23H,12-17H2,1H3/b3-2+/i22-2. The van der Waals surface area contributed by atoms with Crippen molar-refractivity contribution in [2.24, 2.45) is 0 Å². The van der Waals surface area contributed by atoms with Crippen LogP contribution in [0.15, 0.2) is 48.5 Å². The van der Waals surface area contributed by atoms with Crippen LogP contribution in [0.2, 0.25) is 0 Å². The van der Waals surface area contributed by atoms with E-state index in [1.54, 1.807) is 0 Å². The molecule has 0 unspecified atom stereocenters. The van der Waals surface area contributed by atoms with E-state index in [4.69, 9.17) is 14.2 Å². The summed E-state index contributed by atoms with van der Waals surface area (Å²) in [5.74, 6) is 0.852. The molecule has 1 N–H and O–H groups in total. The predicted molar refractivity (Wildman–Crippen MR) is 117 cm³/mol. The van der Waals surface area contributed by atoms with Crippen molar-refractivity contribution in [3.63, 3.8) is 0 Å². The van der Waals surface area contributed by atoms with Gasteiger partial charge in [0.1, 0.15) is 12.4 Å². The molecule has 2 aromatic rings. The lowest BCUT2D eigenvalue weighted by Crippen LogP contribution is -2.11. The summed E-state index contributed by atoms with van der Waals surface area (Å²) >= 11 is 2.29. The first-order valence-electron chi connectivity index (χ1n) is 8.72. The average molecular weight is 465 g/mol. The highest BCUT2D eigenvalue weighted by Crippen LogP contribution is 2.15. The van der Waals surface area contributed by atoms with Gasteiger partial charge in [0, 0.05) is 17.2 Å². The highest BCUT2D eigenvalue weighted by Gasteiger charge is 1.95. The number of nitrogens with one attached hydrogen (secondary N) is 1. The van der Waals surface area contributed by atoms with Gasteiger partial charge in [-0.1, -0.05) is 59.0 Å². The number of alkyl halides is 1. The maximum Gasteiger partial charge on any atom is 0.119 e. The molecule has 0 saturated carbocycles. The maximum atomic E-state index is 5.68. The van der Waals surface area contributed by atoms with Crippen LogP contribution in [0.1, 0.15) is 11.1 Å². The van der Waals surface area contributed by atoms with Gasteiger partial charge in [-0.2, -0.15) is 0 Å². The number of hydrogen-bond acceptors (Lipinski definition) is 4. The summed E-state index contributed by atoms with van der Waals surface area (Å²) in [6.07, 6.45) is 4.19. The van der Waals surface area contributed by atoms with E-state index < -0.39 is 0 Å². The molecule has 0 fully saturated rings. The molecule has 0 radical (unpaired) electrons. The highest BCUT2D eigenvalue weighted by atomic mass is 125. The van der Waals surface area contributed by atoms with Crippen molar-refractivity contribution in [2.45, 2.75) is 0 Å². The van der Waals surface area contributed by atoms with Gasteiger partial charge in [0.25, 0.3) is 0 Å². The van der Waals surface area contributed by atoms with Crippen LogP contribution in [-0.2, 0) is 9.47 Å². The largest absolute Gasteiger partial charge is 0.491 e. The zero-order chi connectivity index (χ0) is 18.5. The van der Waals surface area contributed by atoms with Crippen molar-refractivity contribution in [2.75, 3.05) is 49.8 Å². The van der Waals surface area contributed by atoms with Gasteiger partial charge in [-0.15, -0.1) is 0 Å². The summed E-state index contributed by atoms with van der Waals surface area (Å²) in [5, 5.41) is 3.12. The molecule has 26 heavy (non-hydrogen) atoms. The van der Waals surface area contributed by atoms with E-state index in [2.05, 4.69) is 64.3 Å². The lowest BCUT2D eigenvalue weighted by molar-refractivity contribution is 0.0417. The number of halogens is 1. The first-order valence-corrected chi connectivity index (χ1v) is 10.2. The zero-order valence-corrected chi connectivity index (χ0v) is 17.3. The van der Waals surface area contributed by atoms with Gasteiger partial charge < -0.3 is 19.5 Å². The molecular formula is C21H26INO3. The molecule has 0 heterocycles. The normalized spacial score (nSPS) is 11.0. The Morgan fingerprint density at radius 1 is 0.769 bits per heavy atom. The van der Waals surface area contributed by atoms with E-state index in [9.17, 15) is 0 Å². The van der Waals surface area contributed by atoms with Gasteiger partial charge >= 0.3 is 0 Å². The van der Waals surface area contributed by atoms with Crippen molar-refractivity contribution in [3.05, 3.63) is 59.7 Å². The van der Waals surface area contributed by atoms with Crippen LogP contribution >= 0.6 is 22.6 Å². The Balaban J connectivity index is 1.68. The minimum atomic E-state index is 0.541. The summed E-state index contributed by atoms with van der Waals surface area (Å²) in [4.78, 5) is 0. The Morgan fingerprint density at radius 3 is 1.88 bits per heavy atom. The van der Waals surface area contributed by atoms with Crippen LogP contribution in [-0.4, -0.2) is 44.5 Å². The SMILES string of the molecule is CNc1ccc(/C=C/c2ccc(OCCOCCOCC[125I])cc2)cc1. The Hall–Kier alpha value is -1.57. The molecule has 0 atom stereocenters. The summed E-state index contributed by atoms with van der Waals surface area (Å²) in [6, 6.07) is 16.4. The minimum Gasteiger partial charge on any atom is -0.491 e. The fourth-order valence-electron chi connectivity index (χ4n) is 2.22. The van der Waals surface area contributed by atoms with Crippen molar-refractivity contribution in [1.29, 1.82) is 0 Å². The van der Waals surface area contributed by atoms with Gasteiger partial charge in [-0.05, 0) is 35.4 Å². The van der Waals surface area contributed by atoms with Crippen molar-refractivity contribution < 1.29 is 14.2 Å². The monoisotopic (exact) mass is 465 g/mol. The second kappa shape index (κ2) is 12.7. The molecule has 4 nitrogen and oxygen atoms in total. The van der Waals surface area contributed by atoms with E-state index in [1.807, 2.05) is 31.3 Å². The van der Waals surface area contributed by atoms with Crippen LogP contribution in [0.5, 0.6) is 5.75 Å². The minimum absolute atomic E-state index is 0.541. The Morgan fingerprint density at radius 2 is 1.31 bits per heavy atom. The maximum absolute atomic E-state index is 5.68. The van der Waals surface area contributed by atoms with Crippen LogP contribution in [0.4, 0.5) is 5.69 Å². The van der Waals surface area contributed by atoms with Gasteiger partial charge in [0.15, 0.2) is 0 Å². The van der Waals surface area contributed by atoms with Crippen LogP contribution in [0.3, 0.4) is 0 Å². The molecule has 0 aliphatic heterocycles. The molecule has 2 aromatic carbocycles. The topological polar surface area (TPSA) is 39.7 Å². The summed E-state index contributed by atoms with van der Waals surface area (Å²) < 4.78 is 17.5. The first kappa shape index (κ1) is 20.7. The van der Waals surface area contributed by atoms with Crippen molar-refractivity contribution in [3.8, 4) is 5.75 Å². The van der Waals surface area contributed by atoms with E-state index in [-0.39, 0.29) is 0 Å². The Labute approximate surface area is 169 Å². The molecule has 0 amide bonds. The predicted octanol–water partition coefficient (Wildman–Crippen LogP) is 4.75.